The van der Waals surface area contributed by atoms with Crippen LogP contribution in [0.4, 0.5) is 5.69 Å². The molecule has 1 aliphatic heterocycles. The fourth-order valence-corrected chi connectivity index (χ4v) is 3.86. The van der Waals surface area contributed by atoms with E-state index in [4.69, 9.17) is 9.47 Å². The minimum Gasteiger partial charge on any atom is -0.493 e. The summed E-state index contributed by atoms with van der Waals surface area (Å²) in [6.07, 6.45) is -0.880. The van der Waals surface area contributed by atoms with E-state index in [0.29, 0.717) is 23.4 Å². The van der Waals surface area contributed by atoms with Gasteiger partial charge in [-0.1, -0.05) is 60.7 Å². The van der Waals surface area contributed by atoms with Crippen molar-refractivity contribution < 1.29 is 24.2 Å². The second-order valence-corrected chi connectivity index (χ2v) is 7.94. The van der Waals surface area contributed by atoms with Gasteiger partial charge in [0, 0.05) is 5.39 Å². The molecular weight excluding hydrogens is 448 g/mol. The number of fused-ring (bicyclic) bond motifs is 2. The number of aromatic nitrogens is 1. The van der Waals surface area contributed by atoms with Crippen molar-refractivity contribution in [2.24, 2.45) is 10.2 Å². The maximum Gasteiger partial charge on any atom is 0.283 e. The van der Waals surface area contributed by atoms with Gasteiger partial charge in [0.25, 0.3) is 11.8 Å². The van der Waals surface area contributed by atoms with Crippen LogP contribution in [-0.4, -0.2) is 40.7 Å². The average molecular weight is 470 g/mol. The van der Waals surface area contributed by atoms with Crippen molar-refractivity contribution in [1.82, 2.24) is 9.88 Å². The molecule has 0 saturated carbocycles. The lowest BCUT2D eigenvalue weighted by Crippen LogP contribution is -2.45. The van der Waals surface area contributed by atoms with Gasteiger partial charge in [0.15, 0.2) is 17.2 Å². The molecule has 0 bridgehead atoms. The number of aromatic hydroxyl groups is 1. The third kappa shape index (κ3) is 4.70. The molecule has 4 aromatic rings. The highest BCUT2D eigenvalue weighted by atomic mass is 16.6. The van der Waals surface area contributed by atoms with Crippen molar-refractivity contribution in [3.8, 4) is 17.4 Å². The summed E-state index contributed by atoms with van der Waals surface area (Å²) in [5.74, 6) is -0.234. The quantitative estimate of drug-likeness (QED) is 0.414. The lowest BCUT2D eigenvalue weighted by molar-refractivity contribution is -0.132. The van der Waals surface area contributed by atoms with Gasteiger partial charge in [0.2, 0.25) is 12.0 Å². The lowest BCUT2D eigenvalue weighted by Gasteiger charge is -2.25. The summed E-state index contributed by atoms with van der Waals surface area (Å²) >= 11 is 0. The first kappa shape index (κ1) is 22.1. The van der Waals surface area contributed by atoms with Gasteiger partial charge in [-0.05, 0) is 23.8 Å². The predicted molar refractivity (Wildman–Crippen MR) is 128 cm³/mol. The number of nitrogens with one attached hydrogen (secondary N) is 1. The lowest BCUT2D eigenvalue weighted by atomic mass is 10.2. The van der Waals surface area contributed by atoms with Gasteiger partial charge in [-0.2, -0.15) is 0 Å². The molecule has 0 saturated heterocycles. The van der Waals surface area contributed by atoms with E-state index in [1.54, 1.807) is 28.8 Å². The highest BCUT2D eigenvalue weighted by molar-refractivity contribution is 5.95. The fourth-order valence-electron chi connectivity index (χ4n) is 3.86. The summed E-state index contributed by atoms with van der Waals surface area (Å²) in [6.45, 7) is 0.0971. The molecule has 35 heavy (non-hydrogen) atoms. The van der Waals surface area contributed by atoms with Gasteiger partial charge in [-0.3, -0.25) is 9.59 Å². The summed E-state index contributed by atoms with van der Waals surface area (Å²) in [5, 5.41) is 21.7. The summed E-state index contributed by atoms with van der Waals surface area (Å²) in [7, 11) is 0. The molecular formula is C26H22N4O5. The van der Waals surface area contributed by atoms with Crippen LogP contribution in [0.2, 0.25) is 0 Å². The van der Waals surface area contributed by atoms with E-state index in [0.717, 1.165) is 11.1 Å². The first-order valence-corrected chi connectivity index (χ1v) is 11.0. The third-order valence-corrected chi connectivity index (χ3v) is 5.58. The van der Waals surface area contributed by atoms with E-state index in [1.807, 2.05) is 54.6 Å². The molecule has 176 valence electrons. The number of ether oxygens (including phenoxy) is 2. The van der Waals surface area contributed by atoms with Crippen molar-refractivity contribution in [3.05, 3.63) is 84.4 Å². The Kier molecular flexibility index (Phi) is 6.13. The molecule has 9 nitrogen and oxygen atoms in total. The Bertz CT molecular complexity index is 1410. The smallest absolute Gasteiger partial charge is 0.283 e. The number of rotatable bonds is 6. The Labute approximate surface area is 200 Å². The van der Waals surface area contributed by atoms with E-state index in [2.05, 4.69) is 15.5 Å². The molecule has 0 spiro atoms. The fraction of sp³-hybridized carbons (Fsp3) is 0.154. The van der Waals surface area contributed by atoms with E-state index < -0.39 is 17.9 Å². The minimum absolute atomic E-state index is 0.0351. The van der Waals surface area contributed by atoms with Crippen molar-refractivity contribution in [1.29, 1.82) is 0 Å². The van der Waals surface area contributed by atoms with Crippen molar-refractivity contribution >= 4 is 28.4 Å². The van der Waals surface area contributed by atoms with Crippen molar-refractivity contribution in [2.75, 3.05) is 13.2 Å². The highest BCUT2D eigenvalue weighted by Crippen LogP contribution is 2.39. The predicted octanol–water partition coefficient (Wildman–Crippen LogP) is 3.96. The van der Waals surface area contributed by atoms with E-state index >= 15 is 0 Å². The number of nitrogens with zero attached hydrogens (tertiary/aromatic N) is 3. The topological polar surface area (TPSA) is 115 Å². The van der Waals surface area contributed by atoms with Crippen LogP contribution in [0.5, 0.6) is 17.4 Å². The number of hydrogen-bond donors (Lipinski definition) is 2. The Morgan fingerprint density at radius 1 is 0.971 bits per heavy atom. The van der Waals surface area contributed by atoms with Crippen LogP contribution in [0.15, 0.2) is 89.1 Å². The Hall–Kier alpha value is -4.66. The second-order valence-electron chi connectivity index (χ2n) is 7.94. The van der Waals surface area contributed by atoms with Gasteiger partial charge in [0.1, 0.15) is 13.2 Å². The van der Waals surface area contributed by atoms with E-state index in [1.165, 1.54) is 0 Å². The molecule has 1 aliphatic rings. The SMILES string of the molecule is O=C(CNC(=O)[C@H]1COc2ccccc2O1)N=Nc1c(O)n(Cc2ccccc2)c2ccccc12. The number of amides is 2. The molecule has 0 unspecified atom stereocenters. The average Bonchev–Trinajstić information content (AvgIpc) is 3.16. The Balaban J connectivity index is 1.26. The molecule has 2 amide bonds. The van der Waals surface area contributed by atoms with Crippen molar-refractivity contribution in [2.45, 2.75) is 12.6 Å². The second kappa shape index (κ2) is 9.68. The van der Waals surface area contributed by atoms with Gasteiger partial charge in [-0.25, -0.2) is 0 Å². The third-order valence-electron chi connectivity index (χ3n) is 5.58. The van der Waals surface area contributed by atoms with Crippen LogP contribution < -0.4 is 14.8 Å². The molecule has 1 atom stereocenters. The Morgan fingerprint density at radius 3 is 2.51 bits per heavy atom. The monoisotopic (exact) mass is 470 g/mol. The van der Waals surface area contributed by atoms with Crippen LogP contribution in [0.3, 0.4) is 0 Å². The number of carbonyl (C=O) groups is 2. The zero-order valence-corrected chi connectivity index (χ0v) is 18.6. The van der Waals surface area contributed by atoms with Crippen LogP contribution in [0, 0.1) is 0 Å². The molecule has 9 heteroatoms. The summed E-state index contributed by atoms with van der Waals surface area (Å²) in [5.41, 5.74) is 1.96. The first-order chi connectivity index (χ1) is 17.1. The number of hydrogen-bond acceptors (Lipinski definition) is 6. The molecule has 0 aliphatic carbocycles. The molecule has 5 rings (SSSR count). The maximum atomic E-state index is 12.4. The van der Waals surface area contributed by atoms with Gasteiger partial charge < -0.3 is 24.5 Å². The maximum absolute atomic E-state index is 12.4. The molecule has 1 aromatic heterocycles. The Morgan fingerprint density at radius 2 is 1.69 bits per heavy atom. The highest BCUT2D eigenvalue weighted by Gasteiger charge is 2.27. The van der Waals surface area contributed by atoms with Crippen LogP contribution >= 0.6 is 0 Å². The number of carbonyl (C=O) groups excluding carboxylic acids is 2. The van der Waals surface area contributed by atoms with Gasteiger partial charge in [0.05, 0.1) is 12.1 Å². The zero-order valence-electron chi connectivity index (χ0n) is 18.6. The normalized spacial score (nSPS) is 14.8. The number of benzene rings is 3. The van der Waals surface area contributed by atoms with Crippen LogP contribution in [0.1, 0.15) is 5.56 Å². The molecule has 0 fully saturated rings. The van der Waals surface area contributed by atoms with Crippen LogP contribution in [-0.2, 0) is 16.1 Å². The summed E-state index contributed by atoms with van der Waals surface area (Å²) in [4.78, 5) is 24.7. The molecule has 0 radical (unpaired) electrons. The van der Waals surface area contributed by atoms with Crippen molar-refractivity contribution in [3.63, 3.8) is 0 Å². The standard InChI is InChI=1S/C26H22N4O5/c31-23(14-27-25(32)22-16-34-20-12-6-7-13-21(20)35-22)28-29-24-18-10-4-5-11-19(18)30(26(24)33)15-17-8-2-1-3-9-17/h1-13,22,33H,14-16H2,(H,27,32)/t22-/m1/s1. The summed E-state index contributed by atoms with van der Waals surface area (Å²) < 4.78 is 12.9. The van der Waals surface area contributed by atoms with Crippen LogP contribution in [0.25, 0.3) is 10.9 Å². The molecule has 2 N–H and O–H groups in total. The van der Waals surface area contributed by atoms with Gasteiger partial charge in [-0.15, -0.1) is 10.2 Å². The molecule has 2 heterocycles. The number of azo groups is 1. The largest absolute Gasteiger partial charge is 0.493 e. The molecule has 3 aromatic carbocycles. The first-order valence-electron chi connectivity index (χ1n) is 11.0. The summed E-state index contributed by atoms with van der Waals surface area (Å²) in [6, 6.07) is 24.1. The number of para-hydroxylation sites is 3. The minimum atomic E-state index is -0.880. The zero-order chi connectivity index (χ0) is 24.2. The van der Waals surface area contributed by atoms with E-state index in [9.17, 15) is 14.7 Å². The van der Waals surface area contributed by atoms with Gasteiger partial charge >= 0.3 is 0 Å². The van der Waals surface area contributed by atoms with E-state index in [-0.39, 0.29) is 24.7 Å².